The van der Waals surface area contributed by atoms with Gasteiger partial charge in [0.25, 0.3) is 0 Å². The van der Waals surface area contributed by atoms with Gasteiger partial charge in [0.1, 0.15) is 0 Å². The Bertz CT molecular complexity index is 452. The van der Waals surface area contributed by atoms with Crippen LogP contribution in [0.4, 0.5) is 0 Å². The van der Waals surface area contributed by atoms with Gasteiger partial charge < -0.3 is 10.1 Å². The first kappa shape index (κ1) is 14.5. The van der Waals surface area contributed by atoms with Crippen molar-refractivity contribution in [1.82, 2.24) is 5.32 Å². The zero-order valence-electron chi connectivity index (χ0n) is 11.4. The lowest BCUT2D eigenvalue weighted by atomic mass is 9.77. The van der Waals surface area contributed by atoms with Gasteiger partial charge in [-0.05, 0) is 43.9 Å². The Morgan fingerprint density at radius 1 is 1.53 bits per heavy atom. The molecular weight excluding hydrogens is 306 g/mol. The Kier molecular flexibility index (Phi) is 4.63. The third-order valence-corrected chi connectivity index (χ3v) is 4.40. The SMILES string of the molecule is COC1(CC(=O)NC(C)c2cccc(Br)c2)CCC1. The molecule has 3 nitrogen and oxygen atoms in total. The molecule has 1 unspecified atom stereocenters. The zero-order chi connectivity index (χ0) is 13.9. The van der Waals surface area contributed by atoms with E-state index in [4.69, 9.17) is 4.74 Å². The van der Waals surface area contributed by atoms with E-state index in [1.807, 2.05) is 31.2 Å². The monoisotopic (exact) mass is 325 g/mol. The van der Waals surface area contributed by atoms with Gasteiger partial charge in [-0.15, -0.1) is 0 Å². The Labute approximate surface area is 122 Å². The van der Waals surface area contributed by atoms with E-state index < -0.39 is 0 Å². The number of methoxy groups -OCH3 is 1. The molecule has 1 amide bonds. The van der Waals surface area contributed by atoms with Crippen molar-refractivity contribution in [2.45, 2.75) is 44.2 Å². The van der Waals surface area contributed by atoms with Crippen LogP contribution < -0.4 is 5.32 Å². The van der Waals surface area contributed by atoms with Gasteiger partial charge in [0, 0.05) is 11.6 Å². The first-order chi connectivity index (χ1) is 9.04. The van der Waals surface area contributed by atoms with Crippen molar-refractivity contribution in [2.24, 2.45) is 0 Å². The van der Waals surface area contributed by atoms with Gasteiger partial charge in [-0.25, -0.2) is 0 Å². The molecule has 0 bridgehead atoms. The molecule has 19 heavy (non-hydrogen) atoms. The molecule has 0 heterocycles. The number of carbonyl (C=O) groups excluding carboxylic acids is 1. The van der Waals surface area contributed by atoms with Crippen LogP contribution in [0.5, 0.6) is 0 Å². The second-order valence-corrected chi connectivity index (χ2v) is 6.18. The zero-order valence-corrected chi connectivity index (χ0v) is 13.0. The summed E-state index contributed by atoms with van der Waals surface area (Å²) in [6.07, 6.45) is 3.59. The molecule has 1 aliphatic rings. The molecule has 0 spiro atoms. The van der Waals surface area contributed by atoms with Gasteiger partial charge in [0.15, 0.2) is 0 Å². The summed E-state index contributed by atoms with van der Waals surface area (Å²) in [7, 11) is 1.70. The topological polar surface area (TPSA) is 38.3 Å². The largest absolute Gasteiger partial charge is 0.378 e. The van der Waals surface area contributed by atoms with Crippen LogP contribution in [0.15, 0.2) is 28.7 Å². The van der Waals surface area contributed by atoms with Crippen molar-refractivity contribution < 1.29 is 9.53 Å². The Balaban J connectivity index is 1.91. The number of ether oxygens (including phenoxy) is 1. The molecule has 104 valence electrons. The number of rotatable bonds is 5. The molecule has 1 aromatic carbocycles. The van der Waals surface area contributed by atoms with Crippen molar-refractivity contribution in [3.05, 3.63) is 34.3 Å². The molecule has 0 aromatic heterocycles. The van der Waals surface area contributed by atoms with Crippen molar-refractivity contribution in [3.8, 4) is 0 Å². The molecule has 1 N–H and O–H groups in total. The van der Waals surface area contributed by atoms with Crippen LogP contribution in [0.3, 0.4) is 0 Å². The van der Waals surface area contributed by atoms with E-state index in [9.17, 15) is 4.79 Å². The highest BCUT2D eigenvalue weighted by molar-refractivity contribution is 9.10. The second-order valence-electron chi connectivity index (χ2n) is 5.26. The molecule has 1 fully saturated rings. The van der Waals surface area contributed by atoms with Gasteiger partial charge in [0.2, 0.25) is 5.91 Å². The average Bonchev–Trinajstić information content (AvgIpc) is 2.34. The van der Waals surface area contributed by atoms with E-state index >= 15 is 0 Å². The molecule has 2 rings (SSSR count). The summed E-state index contributed by atoms with van der Waals surface area (Å²) < 4.78 is 6.51. The highest BCUT2D eigenvalue weighted by atomic mass is 79.9. The second kappa shape index (κ2) is 6.06. The highest BCUT2D eigenvalue weighted by Crippen LogP contribution is 2.38. The lowest BCUT2D eigenvalue weighted by Gasteiger charge is -2.40. The van der Waals surface area contributed by atoms with Crippen LogP contribution in [-0.2, 0) is 9.53 Å². The van der Waals surface area contributed by atoms with Crippen LogP contribution in [0.2, 0.25) is 0 Å². The smallest absolute Gasteiger partial charge is 0.223 e. The summed E-state index contributed by atoms with van der Waals surface area (Å²) in [5.41, 5.74) is 0.893. The number of halogens is 1. The van der Waals surface area contributed by atoms with Gasteiger partial charge in [-0.1, -0.05) is 28.1 Å². The lowest BCUT2D eigenvalue weighted by Crippen LogP contribution is -2.44. The van der Waals surface area contributed by atoms with Crippen LogP contribution >= 0.6 is 15.9 Å². The van der Waals surface area contributed by atoms with E-state index in [-0.39, 0.29) is 17.6 Å². The summed E-state index contributed by atoms with van der Waals surface area (Å²) >= 11 is 3.44. The minimum absolute atomic E-state index is 0.0129. The van der Waals surface area contributed by atoms with E-state index in [0.29, 0.717) is 6.42 Å². The molecule has 1 atom stereocenters. The van der Waals surface area contributed by atoms with Gasteiger partial charge in [-0.2, -0.15) is 0 Å². The van der Waals surface area contributed by atoms with Crippen LogP contribution in [0.1, 0.15) is 44.2 Å². The number of amides is 1. The van der Waals surface area contributed by atoms with Crippen LogP contribution in [0, 0.1) is 0 Å². The minimum Gasteiger partial charge on any atom is -0.378 e. The maximum absolute atomic E-state index is 12.1. The standard InChI is InChI=1S/C15H20BrNO2/c1-11(12-5-3-6-13(16)9-12)17-14(18)10-15(19-2)7-4-8-15/h3,5-6,9,11H,4,7-8,10H2,1-2H3,(H,17,18). The van der Waals surface area contributed by atoms with Crippen molar-refractivity contribution in [1.29, 1.82) is 0 Å². The van der Waals surface area contributed by atoms with Gasteiger partial charge in [-0.3, -0.25) is 4.79 Å². The fourth-order valence-corrected chi connectivity index (χ4v) is 2.89. The summed E-state index contributed by atoms with van der Waals surface area (Å²) in [6.45, 7) is 2.00. The fraction of sp³-hybridized carbons (Fsp3) is 0.533. The van der Waals surface area contributed by atoms with Gasteiger partial charge >= 0.3 is 0 Å². The summed E-state index contributed by atoms with van der Waals surface area (Å²) in [5.74, 6) is 0.0639. The predicted molar refractivity (Wildman–Crippen MR) is 78.9 cm³/mol. The lowest BCUT2D eigenvalue weighted by molar-refractivity contribution is -0.134. The van der Waals surface area contributed by atoms with E-state index in [0.717, 1.165) is 29.3 Å². The quantitative estimate of drug-likeness (QED) is 0.898. The Hall–Kier alpha value is -0.870. The first-order valence-corrected chi connectivity index (χ1v) is 7.44. The van der Waals surface area contributed by atoms with Crippen molar-refractivity contribution in [3.63, 3.8) is 0 Å². The molecule has 0 saturated heterocycles. The molecule has 0 aliphatic heterocycles. The Morgan fingerprint density at radius 3 is 2.79 bits per heavy atom. The van der Waals surface area contributed by atoms with E-state index in [2.05, 4.69) is 21.2 Å². The summed E-state index contributed by atoms with van der Waals surface area (Å²) in [5, 5.41) is 3.04. The molecule has 1 aromatic rings. The number of hydrogen-bond acceptors (Lipinski definition) is 2. The van der Waals surface area contributed by atoms with Crippen LogP contribution in [-0.4, -0.2) is 18.6 Å². The number of nitrogens with one attached hydrogen (secondary N) is 1. The normalized spacial score (nSPS) is 18.5. The maximum Gasteiger partial charge on any atom is 0.223 e. The van der Waals surface area contributed by atoms with Crippen molar-refractivity contribution >= 4 is 21.8 Å². The van der Waals surface area contributed by atoms with E-state index in [1.165, 1.54) is 0 Å². The molecule has 0 radical (unpaired) electrons. The summed E-state index contributed by atoms with van der Waals surface area (Å²) in [6, 6.07) is 8.02. The number of benzene rings is 1. The molecular formula is C15H20BrNO2. The number of hydrogen-bond donors (Lipinski definition) is 1. The maximum atomic E-state index is 12.1. The average molecular weight is 326 g/mol. The molecule has 4 heteroatoms. The fourth-order valence-electron chi connectivity index (χ4n) is 2.47. The molecule has 1 saturated carbocycles. The summed E-state index contributed by atoms with van der Waals surface area (Å²) in [4.78, 5) is 12.1. The number of carbonyl (C=O) groups is 1. The van der Waals surface area contributed by atoms with Gasteiger partial charge in [0.05, 0.1) is 18.1 Å². The first-order valence-electron chi connectivity index (χ1n) is 6.65. The Morgan fingerprint density at radius 2 is 2.26 bits per heavy atom. The predicted octanol–water partition coefficient (Wildman–Crippen LogP) is 3.59. The van der Waals surface area contributed by atoms with Crippen molar-refractivity contribution in [2.75, 3.05) is 7.11 Å². The highest BCUT2D eigenvalue weighted by Gasteiger charge is 2.39. The third-order valence-electron chi connectivity index (χ3n) is 3.91. The third kappa shape index (κ3) is 3.57. The molecule has 1 aliphatic carbocycles. The van der Waals surface area contributed by atoms with Crippen LogP contribution in [0.25, 0.3) is 0 Å². The van der Waals surface area contributed by atoms with E-state index in [1.54, 1.807) is 7.11 Å². The minimum atomic E-state index is -0.207.